The number of nitrogens with zero attached hydrogens (tertiary/aromatic N) is 2. The second kappa shape index (κ2) is 5.45. The van der Waals surface area contributed by atoms with Gasteiger partial charge in [0.1, 0.15) is 4.99 Å². The normalized spacial score (nSPS) is 20.3. The summed E-state index contributed by atoms with van der Waals surface area (Å²) in [6.45, 7) is 3.38. The van der Waals surface area contributed by atoms with E-state index in [1.807, 2.05) is 12.3 Å². The van der Waals surface area contributed by atoms with Crippen LogP contribution in [0.25, 0.3) is 0 Å². The Kier molecular flexibility index (Phi) is 3.94. The number of hydrogen-bond acceptors (Lipinski definition) is 3. The molecule has 2 N–H and O–H groups in total. The molecule has 4 heteroatoms. The number of hydrogen-bond donors (Lipinski definition) is 1. The van der Waals surface area contributed by atoms with E-state index in [1.165, 1.54) is 31.4 Å². The molecular formula is C13H19N3S. The second-order valence-corrected chi connectivity index (χ2v) is 4.96. The van der Waals surface area contributed by atoms with Gasteiger partial charge in [0, 0.05) is 12.6 Å². The summed E-state index contributed by atoms with van der Waals surface area (Å²) in [5, 5.41) is 0. The number of anilines is 1. The van der Waals surface area contributed by atoms with E-state index < -0.39 is 0 Å². The molecule has 0 bridgehead atoms. The monoisotopic (exact) mass is 249 g/mol. The van der Waals surface area contributed by atoms with E-state index in [9.17, 15) is 0 Å². The van der Waals surface area contributed by atoms with Crippen molar-refractivity contribution in [1.29, 1.82) is 0 Å². The number of nitrogens with two attached hydrogens (primary N) is 1. The predicted octanol–water partition coefficient (Wildman–Crippen LogP) is 2.48. The van der Waals surface area contributed by atoms with Crippen LogP contribution in [0.5, 0.6) is 0 Å². The largest absolute Gasteiger partial charge is 0.388 e. The quantitative estimate of drug-likeness (QED) is 0.836. The zero-order chi connectivity index (χ0) is 12.3. The summed E-state index contributed by atoms with van der Waals surface area (Å²) in [6, 6.07) is 4.65. The summed E-state index contributed by atoms with van der Waals surface area (Å²) in [5.74, 6) is 0. The molecule has 1 aromatic heterocycles. The Bertz CT molecular complexity index is 388. The Hall–Kier alpha value is -1.16. The van der Waals surface area contributed by atoms with Crippen LogP contribution >= 0.6 is 12.2 Å². The van der Waals surface area contributed by atoms with Crippen molar-refractivity contribution in [1.82, 2.24) is 4.98 Å². The van der Waals surface area contributed by atoms with Crippen LogP contribution in [-0.2, 0) is 0 Å². The first kappa shape index (κ1) is 12.3. The van der Waals surface area contributed by atoms with Gasteiger partial charge in [-0.05, 0) is 37.8 Å². The van der Waals surface area contributed by atoms with Gasteiger partial charge in [-0.25, -0.2) is 0 Å². The zero-order valence-corrected chi connectivity index (χ0v) is 11.0. The van der Waals surface area contributed by atoms with E-state index in [0.29, 0.717) is 16.7 Å². The molecule has 0 spiro atoms. The lowest BCUT2D eigenvalue weighted by molar-refractivity contribution is 0.449. The second-order valence-electron chi connectivity index (χ2n) is 4.52. The third-order valence-corrected chi connectivity index (χ3v) is 3.64. The number of pyridine rings is 1. The fourth-order valence-corrected chi connectivity index (χ4v) is 2.59. The SMILES string of the molecule is CCC1CCCCN1c1ccc(C(N)=S)nc1. The molecule has 2 heterocycles. The maximum atomic E-state index is 5.55. The van der Waals surface area contributed by atoms with Crippen molar-refractivity contribution in [3.8, 4) is 0 Å². The molecule has 1 saturated heterocycles. The van der Waals surface area contributed by atoms with Gasteiger partial charge in [-0.2, -0.15) is 0 Å². The van der Waals surface area contributed by atoms with Gasteiger partial charge < -0.3 is 10.6 Å². The summed E-state index contributed by atoms with van der Waals surface area (Å²) in [6.07, 6.45) is 6.98. The average molecular weight is 249 g/mol. The fraction of sp³-hybridized carbons (Fsp3) is 0.538. The van der Waals surface area contributed by atoms with Crippen molar-refractivity contribution in [2.24, 2.45) is 5.73 Å². The Morgan fingerprint density at radius 1 is 1.53 bits per heavy atom. The molecular weight excluding hydrogens is 230 g/mol. The molecule has 1 fully saturated rings. The maximum absolute atomic E-state index is 5.55. The standard InChI is InChI=1S/C13H19N3S/c1-2-10-5-3-4-8-16(10)11-6-7-12(13(14)17)15-9-11/h6-7,9-10H,2-5,8H2,1H3,(H2,14,17). The lowest BCUT2D eigenvalue weighted by Crippen LogP contribution is -2.39. The van der Waals surface area contributed by atoms with Gasteiger partial charge in [0.25, 0.3) is 0 Å². The van der Waals surface area contributed by atoms with Crippen LogP contribution in [0.15, 0.2) is 18.3 Å². The zero-order valence-electron chi connectivity index (χ0n) is 10.2. The average Bonchev–Trinajstić information content (AvgIpc) is 2.39. The summed E-state index contributed by atoms with van der Waals surface area (Å²) < 4.78 is 0. The highest BCUT2D eigenvalue weighted by Crippen LogP contribution is 2.25. The van der Waals surface area contributed by atoms with E-state index in [1.54, 1.807) is 0 Å². The summed E-state index contributed by atoms with van der Waals surface area (Å²) in [7, 11) is 0. The number of thiocarbonyl (C=S) groups is 1. The molecule has 1 aliphatic rings. The van der Waals surface area contributed by atoms with E-state index in [4.69, 9.17) is 18.0 Å². The van der Waals surface area contributed by atoms with E-state index in [0.717, 1.165) is 6.54 Å². The van der Waals surface area contributed by atoms with Crippen LogP contribution in [0, 0.1) is 0 Å². The number of piperidine rings is 1. The minimum absolute atomic E-state index is 0.363. The molecule has 0 aliphatic carbocycles. The Morgan fingerprint density at radius 2 is 2.35 bits per heavy atom. The summed E-state index contributed by atoms with van der Waals surface area (Å²) in [5.41, 5.74) is 7.44. The molecule has 0 amide bonds. The third kappa shape index (κ3) is 2.75. The van der Waals surface area contributed by atoms with E-state index in [2.05, 4.69) is 22.9 Å². The van der Waals surface area contributed by atoms with Crippen molar-refractivity contribution in [2.75, 3.05) is 11.4 Å². The molecule has 17 heavy (non-hydrogen) atoms. The molecule has 92 valence electrons. The number of aromatic nitrogens is 1. The van der Waals surface area contributed by atoms with Gasteiger partial charge in [-0.3, -0.25) is 4.98 Å². The van der Waals surface area contributed by atoms with Crippen LogP contribution in [0.3, 0.4) is 0 Å². The van der Waals surface area contributed by atoms with Crippen molar-refractivity contribution >= 4 is 22.9 Å². The Balaban J connectivity index is 2.17. The van der Waals surface area contributed by atoms with Crippen molar-refractivity contribution in [3.05, 3.63) is 24.0 Å². The lowest BCUT2D eigenvalue weighted by atomic mass is 9.99. The van der Waals surface area contributed by atoms with Crippen LogP contribution in [0.1, 0.15) is 38.3 Å². The van der Waals surface area contributed by atoms with Gasteiger partial charge in [0.2, 0.25) is 0 Å². The highest BCUT2D eigenvalue weighted by molar-refractivity contribution is 7.80. The molecule has 1 aromatic rings. The Labute approximate surface area is 108 Å². The molecule has 0 radical (unpaired) electrons. The molecule has 1 unspecified atom stereocenters. The first-order valence-electron chi connectivity index (χ1n) is 6.25. The summed E-state index contributed by atoms with van der Waals surface area (Å²) in [4.78, 5) is 7.14. The maximum Gasteiger partial charge on any atom is 0.122 e. The van der Waals surface area contributed by atoms with Gasteiger partial charge in [0.15, 0.2) is 0 Å². The molecule has 0 aromatic carbocycles. The van der Waals surface area contributed by atoms with Crippen LogP contribution < -0.4 is 10.6 Å². The molecule has 3 nitrogen and oxygen atoms in total. The molecule has 1 aliphatic heterocycles. The van der Waals surface area contributed by atoms with Crippen LogP contribution in [-0.4, -0.2) is 22.6 Å². The highest BCUT2D eigenvalue weighted by atomic mass is 32.1. The first-order chi connectivity index (χ1) is 8.22. The lowest BCUT2D eigenvalue weighted by Gasteiger charge is -2.37. The summed E-state index contributed by atoms with van der Waals surface area (Å²) >= 11 is 4.91. The fourth-order valence-electron chi connectivity index (χ4n) is 2.47. The van der Waals surface area contributed by atoms with Crippen molar-refractivity contribution in [3.63, 3.8) is 0 Å². The minimum Gasteiger partial charge on any atom is -0.388 e. The van der Waals surface area contributed by atoms with E-state index in [-0.39, 0.29) is 0 Å². The molecule has 1 atom stereocenters. The van der Waals surface area contributed by atoms with Crippen molar-refractivity contribution in [2.45, 2.75) is 38.6 Å². The van der Waals surface area contributed by atoms with Crippen molar-refractivity contribution < 1.29 is 0 Å². The third-order valence-electron chi connectivity index (χ3n) is 3.43. The first-order valence-corrected chi connectivity index (χ1v) is 6.65. The molecule has 2 rings (SSSR count). The smallest absolute Gasteiger partial charge is 0.122 e. The van der Waals surface area contributed by atoms with Crippen LogP contribution in [0.2, 0.25) is 0 Å². The Morgan fingerprint density at radius 3 is 2.94 bits per heavy atom. The number of rotatable bonds is 3. The topological polar surface area (TPSA) is 42.1 Å². The minimum atomic E-state index is 0.363. The van der Waals surface area contributed by atoms with Gasteiger partial charge in [-0.1, -0.05) is 19.1 Å². The van der Waals surface area contributed by atoms with Crippen LogP contribution in [0.4, 0.5) is 5.69 Å². The van der Waals surface area contributed by atoms with Gasteiger partial charge >= 0.3 is 0 Å². The predicted molar refractivity (Wildman–Crippen MR) is 75.4 cm³/mol. The van der Waals surface area contributed by atoms with Gasteiger partial charge in [-0.15, -0.1) is 0 Å². The highest BCUT2D eigenvalue weighted by Gasteiger charge is 2.21. The molecule has 0 saturated carbocycles. The van der Waals surface area contributed by atoms with Gasteiger partial charge in [0.05, 0.1) is 17.6 Å². The van der Waals surface area contributed by atoms with E-state index >= 15 is 0 Å².